The number of fused-ring (bicyclic) bond motifs is 3. The minimum absolute atomic E-state index is 0.0856. The molecule has 0 radical (unpaired) electrons. The maximum absolute atomic E-state index is 13.8. The van der Waals surface area contributed by atoms with Crippen LogP contribution >= 0.6 is 22.7 Å². The van der Waals surface area contributed by atoms with Crippen LogP contribution in [0, 0.1) is 6.92 Å². The van der Waals surface area contributed by atoms with E-state index >= 15 is 0 Å². The molecule has 12 heteroatoms. The highest BCUT2D eigenvalue weighted by molar-refractivity contribution is 7.19. The molecule has 3 heterocycles. The van der Waals surface area contributed by atoms with Crippen LogP contribution in [-0.2, 0) is 40.2 Å². The van der Waals surface area contributed by atoms with Gasteiger partial charge in [-0.3, -0.25) is 19.1 Å². The molecule has 1 amide bonds. The Balaban J connectivity index is 1.75. The number of anilines is 1. The number of carbonyl (C=O) groups is 3. The SMILES string of the molecule is CCN(CC)Cc1nc2sc3c(c2c(=O)n1CC(=O)Nc1sc(C(=O)OC)c(C)c1C(=O)OC)CCCC3. The lowest BCUT2D eigenvalue weighted by Gasteiger charge is -2.20. The third-order valence-electron chi connectivity index (χ3n) is 6.88. The van der Waals surface area contributed by atoms with Gasteiger partial charge in [0.1, 0.15) is 27.1 Å². The Bertz CT molecular complexity index is 1450. The molecule has 38 heavy (non-hydrogen) atoms. The van der Waals surface area contributed by atoms with Crippen LogP contribution in [0.4, 0.5) is 5.00 Å². The van der Waals surface area contributed by atoms with E-state index < -0.39 is 17.8 Å². The minimum Gasteiger partial charge on any atom is -0.465 e. The molecule has 0 spiro atoms. The van der Waals surface area contributed by atoms with Crippen molar-refractivity contribution in [2.75, 3.05) is 32.6 Å². The van der Waals surface area contributed by atoms with E-state index in [1.807, 2.05) is 13.8 Å². The van der Waals surface area contributed by atoms with Gasteiger partial charge in [-0.1, -0.05) is 13.8 Å². The number of hydrogen-bond acceptors (Lipinski definition) is 10. The van der Waals surface area contributed by atoms with Crippen molar-refractivity contribution in [2.45, 2.75) is 59.5 Å². The van der Waals surface area contributed by atoms with Crippen LogP contribution in [0.3, 0.4) is 0 Å². The average molecular weight is 561 g/mol. The number of esters is 2. The smallest absolute Gasteiger partial charge is 0.348 e. The molecule has 1 aliphatic carbocycles. The number of ether oxygens (including phenoxy) is 2. The minimum atomic E-state index is -0.684. The molecule has 1 aliphatic rings. The van der Waals surface area contributed by atoms with E-state index in [0.29, 0.717) is 23.3 Å². The summed E-state index contributed by atoms with van der Waals surface area (Å²) in [7, 11) is 2.47. The predicted molar refractivity (Wildman–Crippen MR) is 148 cm³/mol. The van der Waals surface area contributed by atoms with Gasteiger partial charge < -0.3 is 14.8 Å². The van der Waals surface area contributed by atoms with Crippen molar-refractivity contribution in [3.63, 3.8) is 0 Å². The van der Waals surface area contributed by atoms with Crippen LogP contribution in [0.5, 0.6) is 0 Å². The standard InChI is InChI=1S/C26H32N4O6S2/c1-6-29(7-2)12-17-27-23-20(15-10-8-9-11-16(15)37-23)24(32)30(17)13-18(31)28-22-19(25(33)35-4)14(3)21(38-22)26(34)36-5/h6-13H2,1-5H3,(H,28,31). The highest BCUT2D eigenvalue weighted by Crippen LogP contribution is 2.35. The van der Waals surface area contributed by atoms with Gasteiger partial charge in [0.2, 0.25) is 5.91 Å². The monoisotopic (exact) mass is 560 g/mol. The van der Waals surface area contributed by atoms with E-state index in [1.54, 1.807) is 18.3 Å². The molecule has 0 aromatic carbocycles. The van der Waals surface area contributed by atoms with Crippen LogP contribution in [0.2, 0.25) is 0 Å². The van der Waals surface area contributed by atoms with Gasteiger partial charge in [-0.15, -0.1) is 22.7 Å². The second kappa shape index (κ2) is 11.7. The topological polar surface area (TPSA) is 120 Å². The summed E-state index contributed by atoms with van der Waals surface area (Å²) in [5.41, 5.74) is 1.28. The van der Waals surface area contributed by atoms with Gasteiger partial charge in [0.15, 0.2) is 0 Å². The Hall–Kier alpha value is -3.09. The van der Waals surface area contributed by atoms with Crippen molar-refractivity contribution in [2.24, 2.45) is 0 Å². The van der Waals surface area contributed by atoms with Crippen molar-refractivity contribution in [1.82, 2.24) is 14.5 Å². The van der Waals surface area contributed by atoms with Gasteiger partial charge in [0.05, 0.1) is 31.7 Å². The number of aromatic nitrogens is 2. The van der Waals surface area contributed by atoms with Crippen LogP contribution in [0.1, 0.15) is 68.5 Å². The molecule has 204 valence electrons. The Morgan fingerprint density at radius 3 is 2.39 bits per heavy atom. The molecule has 0 saturated carbocycles. The summed E-state index contributed by atoms with van der Waals surface area (Å²) in [6.07, 6.45) is 3.90. The zero-order valence-electron chi connectivity index (χ0n) is 22.3. The second-order valence-electron chi connectivity index (χ2n) is 9.06. The van der Waals surface area contributed by atoms with E-state index in [4.69, 9.17) is 14.5 Å². The van der Waals surface area contributed by atoms with E-state index in [2.05, 4.69) is 10.2 Å². The van der Waals surface area contributed by atoms with Gasteiger partial charge >= 0.3 is 11.9 Å². The molecular weight excluding hydrogens is 528 g/mol. The number of methoxy groups -OCH3 is 2. The summed E-state index contributed by atoms with van der Waals surface area (Å²) >= 11 is 2.51. The maximum Gasteiger partial charge on any atom is 0.348 e. The zero-order valence-corrected chi connectivity index (χ0v) is 23.9. The van der Waals surface area contributed by atoms with E-state index in [1.165, 1.54) is 23.7 Å². The first kappa shape index (κ1) is 27.9. The summed E-state index contributed by atoms with van der Waals surface area (Å²) in [5.74, 6) is -1.30. The summed E-state index contributed by atoms with van der Waals surface area (Å²) in [6.45, 7) is 7.34. The van der Waals surface area contributed by atoms with E-state index in [-0.39, 0.29) is 27.5 Å². The van der Waals surface area contributed by atoms with Gasteiger partial charge in [-0.25, -0.2) is 14.6 Å². The van der Waals surface area contributed by atoms with Crippen LogP contribution in [-0.4, -0.2) is 59.6 Å². The number of nitrogens with one attached hydrogen (secondary N) is 1. The number of nitrogens with zero attached hydrogens (tertiary/aromatic N) is 3. The molecule has 3 aromatic rings. The average Bonchev–Trinajstić information content (AvgIpc) is 3.45. The summed E-state index contributed by atoms with van der Waals surface area (Å²) in [6, 6.07) is 0. The van der Waals surface area contributed by atoms with Gasteiger partial charge in [0.25, 0.3) is 5.56 Å². The lowest BCUT2D eigenvalue weighted by atomic mass is 9.97. The molecule has 10 nitrogen and oxygen atoms in total. The van der Waals surface area contributed by atoms with Crippen molar-refractivity contribution in [1.29, 1.82) is 0 Å². The van der Waals surface area contributed by atoms with Crippen molar-refractivity contribution in [3.8, 4) is 0 Å². The Morgan fingerprint density at radius 1 is 1.05 bits per heavy atom. The Labute approximate surface area is 228 Å². The van der Waals surface area contributed by atoms with E-state index in [9.17, 15) is 19.2 Å². The third-order valence-corrected chi connectivity index (χ3v) is 9.25. The molecule has 0 aliphatic heterocycles. The molecule has 0 unspecified atom stereocenters. The number of thiophene rings is 2. The number of hydrogen-bond donors (Lipinski definition) is 1. The Morgan fingerprint density at radius 2 is 1.74 bits per heavy atom. The number of carbonyl (C=O) groups excluding carboxylic acids is 3. The maximum atomic E-state index is 13.8. The molecule has 1 N–H and O–H groups in total. The highest BCUT2D eigenvalue weighted by atomic mass is 32.1. The number of rotatable bonds is 9. The largest absolute Gasteiger partial charge is 0.465 e. The van der Waals surface area contributed by atoms with E-state index in [0.717, 1.165) is 60.5 Å². The molecule has 0 bridgehead atoms. The van der Waals surface area contributed by atoms with Gasteiger partial charge in [0, 0.05) is 4.88 Å². The van der Waals surface area contributed by atoms with Crippen LogP contribution < -0.4 is 10.9 Å². The zero-order chi connectivity index (χ0) is 27.6. The highest BCUT2D eigenvalue weighted by Gasteiger charge is 2.28. The van der Waals surface area contributed by atoms with Crippen molar-refractivity contribution in [3.05, 3.63) is 42.6 Å². The normalized spacial score (nSPS) is 13.0. The molecule has 0 atom stereocenters. The van der Waals surface area contributed by atoms with Crippen molar-refractivity contribution >= 4 is 55.7 Å². The fourth-order valence-corrected chi connectivity index (χ4v) is 7.16. The summed E-state index contributed by atoms with van der Waals surface area (Å²) in [5, 5.41) is 3.50. The lowest BCUT2D eigenvalue weighted by molar-refractivity contribution is -0.116. The second-order valence-corrected chi connectivity index (χ2v) is 11.2. The molecule has 4 rings (SSSR count). The molecular formula is C26H32N4O6S2. The number of amides is 1. The molecule has 0 fully saturated rings. The third kappa shape index (κ3) is 5.25. The molecule has 3 aromatic heterocycles. The van der Waals surface area contributed by atoms with Crippen LogP contribution in [0.25, 0.3) is 10.2 Å². The fourth-order valence-electron chi connectivity index (χ4n) is 4.76. The van der Waals surface area contributed by atoms with Gasteiger partial charge in [-0.2, -0.15) is 0 Å². The lowest BCUT2D eigenvalue weighted by Crippen LogP contribution is -2.34. The fraction of sp³-hybridized carbons (Fsp3) is 0.500. The first-order valence-electron chi connectivity index (χ1n) is 12.6. The first-order chi connectivity index (χ1) is 18.2. The predicted octanol–water partition coefficient (Wildman–Crippen LogP) is 3.76. The number of aryl methyl sites for hydroxylation is 2. The summed E-state index contributed by atoms with van der Waals surface area (Å²) in [4.78, 5) is 61.0. The molecule has 0 saturated heterocycles. The van der Waals surface area contributed by atoms with Crippen molar-refractivity contribution < 1.29 is 23.9 Å². The Kier molecular flexibility index (Phi) is 8.64. The van der Waals surface area contributed by atoms with Gasteiger partial charge in [-0.05, 0) is 56.8 Å². The van der Waals surface area contributed by atoms with Crippen LogP contribution in [0.15, 0.2) is 4.79 Å². The first-order valence-corrected chi connectivity index (χ1v) is 14.2. The summed E-state index contributed by atoms with van der Waals surface area (Å²) < 4.78 is 11.1. The quantitative estimate of drug-likeness (QED) is 0.393.